The van der Waals surface area contributed by atoms with Gasteiger partial charge in [-0.15, -0.1) is 0 Å². The van der Waals surface area contributed by atoms with Gasteiger partial charge in [0.25, 0.3) is 0 Å². The van der Waals surface area contributed by atoms with Gasteiger partial charge in [-0.05, 0) is 31.6 Å². The van der Waals surface area contributed by atoms with E-state index in [0.717, 1.165) is 12.8 Å². The molecule has 0 bridgehead atoms. The Bertz CT molecular complexity index is 478. The Morgan fingerprint density at radius 3 is 2.71 bits per heavy atom. The van der Waals surface area contributed by atoms with Crippen LogP contribution in [0.1, 0.15) is 32.6 Å². The summed E-state index contributed by atoms with van der Waals surface area (Å²) >= 11 is 0. The third-order valence-electron chi connectivity index (χ3n) is 5.32. The van der Waals surface area contributed by atoms with Gasteiger partial charge in [0.05, 0.1) is 23.8 Å². The van der Waals surface area contributed by atoms with Crippen molar-refractivity contribution >= 4 is 17.8 Å². The molecule has 1 saturated carbocycles. The van der Waals surface area contributed by atoms with E-state index in [4.69, 9.17) is 0 Å². The second-order valence-corrected chi connectivity index (χ2v) is 6.72. The van der Waals surface area contributed by atoms with E-state index in [9.17, 15) is 19.5 Å². The molecule has 2 saturated heterocycles. The van der Waals surface area contributed by atoms with Gasteiger partial charge in [0.1, 0.15) is 0 Å². The van der Waals surface area contributed by atoms with Gasteiger partial charge < -0.3 is 15.3 Å². The average Bonchev–Trinajstić information content (AvgIpc) is 3.02. The van der Waals surface area contributed by atoms with Crippen molar-refractivity contribution in [2.75, 3.05) is 13.1 Å². The molecule has 2 aliphatic heterocycles. The maximum absolute atomic E-state index is 12.8. The highest BCUT2D eigenvalue weighted by Gasteiger charge is 2.48. The number of carbonyl (C=O) groups is 3. The number of hydrogen-bond donors (Lipinski definition) is 2. The summed E-state index contributed by atoms with van der Waals surface area (Å²) < 4.78 is 0. The van der Waals surface area contributed by atoms with Gasteiger partial charge in [0, 0.05) is 13.1 Å². The minimum Gasteiger partial charge on any atom is -0.481 e. The number of carboxylic acid groups (broad SMARTS) is 1. The smallest absolute Gasteiger partial charge is 0.307 e. The highest BCUT2D eigenvalue weighted by molar-refractivity contribution is 5.88. The number of carbonyl (C=O) groups excluding carboxylic acids is 2. The zero-order chi connectivity index (χ0) is 15.1. The number of amides is 2. The van der Waals surface area contributed by atoms with Crippen molar-refractivity contribution in [3.63, 3.8) is 0 Å². The molecule has 6 heteroatoms. The first-order valence-electron chi connectivity index (χ1n) is 7.80. The molecule has 116 valence electrons. The monoisotopic (exact) mass is 294 g/mol. The molecule has 3 aliphatic rings. The van der Waals surface area contributed by atoms with Crippen LogP contribution in [-0.4, -0.2) is 46.9 Å². The lowest BCUT2D eigenvalue weighted by atomic mass is 9.88. The van der Waals surface area contributed by atoms with E-state index in [2.05, 4.69) is 5.32 Å². The van der Waals surface area contributed by atoms with Crippen molar-refractivity contribution in [3.8, 4) is 0 Å². The van der Waals surface area contributed by atoms with Crippen molar-refractivity contribution in [1.82, 2.24) is 10.2 Å². The second-order valence-electron chi connectivity index (χ2n) is 6.72. The summed E-state index contributed by atoms with van der Waals surface area (Å²) in [4.78, 5) is 37.8. The van der Waals surface area contributed by atoms with Crippen LogP contribution in [0.15, 0.2) is 0 Å². The normalized spacial score (nSPS) is 39.0. The molecule has 5 unspecified atom stereocenters. The van der Waals surface area contributed by atoms with Gasteiger partial charge in [-0.2, -0.15) is 0 Å². The second kappa shape index (κ2) is 5.31. The van der Waals surface area contributed by atoms with Crippen LogP contribution in [0.5, 0.6) is 0 Å². The van der Waals surface area contributed by atoms with Crippen LogP contribution in [0.3, 0.4) is 0 Å². The standard InChI is InChI=1S/C15H22N2O4/c1-8-5-10(11(6-8)15(20)21)14(19)17-4-2-3-9-12(17)7-16-13(9)18/h8-12H,2-7H2,1H3,(H,16,18)(H,20,21). The highest BCUT2D eigenvalue weighted by Crippen LogP contribution is 2.39. The van der Waals surface area contributed by atoms with Gasteiger partial charge in [-0.3, -0.25) is 14.4 Å². The minimum atomic E-state index is -0.869. The molecular weight excluding hydrogens is 272 g/mol. The molecule has 2 N–H and O–H groups in total. The van der Waals surface area contributed by atoms with Crippen molar-refractivity contribution in [2.24, 2.45) is 23.7 Å². The van der Waals surface area contributed by atoms with Crippen LogP contribution in [0.4, 0.5) is 0 Å². The Morgan fingerprint density at radius 2 is 2.00 bits per heavy atom. The van der Waals surface area contributed by atoms with Crippen molar-refractivity contribution in [3.05, 3.63) is 0 Å². The number of piperidine rings is 1. The van der Waals surface area contributed by atoms with Gasteiger partial charge in [0.15, 0.2) is 0 Å². The SMILES string of the molecule is CC1CC(C(=O)O)C(C(=O)N2CCCC3C(=O)NCC32)C1. The third-order valence-corrected chi connectivity index (χ3v) is 5.32. The number of likely N-dealkylation sites (tertiary alicyclic amines) is 1. The molecule has 0 aromatic carbocycles. The summed E-state index contributed by atoms with van der Waals surface area (Å²) in [5.41, 5.74) is 0. The Labute approximate surface area is 123 Å². The van der Waals surface area contributed by atoms with Gasteiger partial charge >= 0.3 is 5.97 Å². The van der Waals surface area contributed by atoms with Crippen LogP contribution < -0.4 is 5.32 Å². The molecule has 21 heavy (non-hydrogen) atoms. The summed E-state index contributed by atoms with van der Waals surface area (Å²) in [5.74, 6) is -1.73. The number of rotatable bonds is 2. The number of nitrogens with zero attached hydrogens (tertiary/aromatic N) is 1. The summed E-state index contributed by atoms with van der Waals surface area (Å²) in [5, 5.41) is 12.2. The lowest BCUT2D eigenvalue weighted by Crippen LogP contribution is -2.51. The molecule has 2 heterocycles. The molecule has 6 nitrogen and oxygen atoms in total. The highest BCUT2D eigenvalue weighted by atomic mass is 16.4. The lowest BCUT2D eigenvalue weighted by molar-refractivity contribution is -0.151. The molecular formula is C15H22N2O4. The maximum atomic E-state index is 12.8. The molecule has 2 amide bonds. The molecule has 1 aliphatic carbocycles. The number of aliphatic carboxylic acids is 1. The Balaban J connectivity index is 1.78. The van der Waals surface area contributed by atoms with Crippen molar-refractivity contribution < 1.29 is 19.5 Å². The number of carboxylic acids is 1. The average molecular weight is 294 g/mol. The van der Waals surface area contributed by atoms with E-state index in [1.165, 1.54) is 0 Å². The van der Waals surface area contributed by atoms with E-state index in [1.54, 1.807) is 4.90 Å². The van der Waals surface area contributed by atoms with E-state index >= 15 is 0 Å². The molecule has 5 atom stereocenters. The van der Waals surface area contributed by atoms with Crippen molar-refractivity contribution in [1.29, 1.82) is 0 Å². The maximum Gasteiger partial charge on any atom is 0.307 e. The largest absolute Gasteiger partial charge is 0.481 e. The summed E-state index contributed by atoms with van der Waals surface area (Å²) in [6.45, 7) is 3.16. The molecule has 0 radical (unpaired) electrons. The minimum absolute atomic E-state index is 0.0343. The van der Waals surface area contributed by atoms with Crippen LogP contribution in [0.25, 0.3) is 0 Å². The fraction of sp³-hybridized carbons (Fsp3) is 0.800. The fourth-order valence-corrected chi connectivity index (χ4v) is 4.28. The van der Waals surface area contributed by atoms with Crippen LogP contribution in [-0.2, 0) is 14.4 Å². The fourth-order valence-electron chi connectivity index (χ4n) is 4.28. The topological polar surface area (TPSA) is 86.7 Å². The third kappa shape index (κ3) is 2.40. The van der Waals surface area contributed by atoms with E-state index in [0.29, 0.717) is 25.9 Å². The van der Waals surface area contributed by atoms with Gasteiger partial charge in [-0.1, -0.05) is 6.92 Å². The molecule has 3 fully saturated rings. The first kappa shape index (κ1) is 14.4. The van der Waals surface area contributed by atoms with Crippen molar-refractivity contribution in [2.45, 2.75) is 38.6 Å². The van der Waals surface area contributed by atoms with Gasteiger partial charge in [0.2, 0.25) is 11.8 Å². The number of nitrogens with one attached hydrogen (secondary N) is 1. The summed E-state index contributed by atoms with van der Waals surface area (Å²) in [6, 6.07) is -0.0795. The first-order chi connectivity index (χ1) is 9.99. The molecule has 0 spiro atoms. The molecule has 0 aromatic heterocycles. The summed E-state index contributed by atoms with van der Waals surface area (Å²) in [7, 11) is 0. The van der Waals surface area contributed by atoms with Crippen LogP contribution in [0.2, 0.25) is 0 Å². The first-order valence-corrected chi connectivity index (χ1v) is 7.80. The number of fused-ring (bicyclic) bond motifs is 1. The predicted octanol–water partition coefficient (Wildman–Crippen LogP) is 0.470. The Morgan fingerprint density at radius 1 is 1.29 bits per heavy atom. The zero-order valence-electron chi connectivity index (χ0n) is 12.2. The quantitative estimate of drug-likeness (QED) is 0.775. The molecule has 0 aromatic rings. The van der Waals surface area contributed by atoms with Crippen LogP contribution >= 0.6 is 0 Å². The van der Waals surface area contributed by atoms with E-state index in [1.807, 2.05) is 6.92 Å². The Hall–Kier alpha value is -1.59. The van der Waals surface area contributed by atoms with Gasteiger partial charge in [-0.25, -0.2) is 0 Å². The lowest BCUT2D eigenvalue weighted by Gasteiger charge is -2.38. The number of hydrogen-bond acceptors (Lipinski definition) is 3. The molecule has 3 rings (SSSR count). The van der Waals surface area contributed by atoms with Crippen LogP contribution in [0, 0.1) is 23.7 Å². The summed E-state index contributed by atoms with van der Waals surface area (Å²) in [6.07, 6.45) is 2.86. The zero-order valence-corrected chi connectivity index (χ0v) is 12.2. The van der Waals surface area contributed by atoms with E-state index in [-0.39, 0.29) is 29.7 Å². The van der Waals surface area contributed by atoms with E-state index < -0.39 is 17.8 Å². The Kier molecular flexibility index (Phi) is 3.63. The predicted molar refractivity (Wildman–Crippen MR) is 74.2 cm³/mol.